The summed E-state index contributed by atoms with van der Waals surface area (Å²) in [5.41, 5.74) is 0. The Balaban J connectivity index is 3.36. The van der Waals surface area contributed by atoms with Gasteiger partial charge in [0, 0.05) is 18.8 Å². The summed E-state index contributed by atoms with van der Waals surface area (Å²) in [5, 5.41) is 2.73. The summed E-state index contributed by atoms with van der Waals surface area (Å²) in [6.45, 7) is 4.73. The van der Waals surface area contributed by atoms with Crippen LogP contribution in [0, 0.1) is 5.92 Å². The van der Waals surface area contributed by atoms with Crippen LogP contribution in [-0.2, 0) is 4.79 Å². The van der Waals surface area contributed by atoms with E-state index in [-0.39, 0.29) is 5.91 Å². The van der Waals surface area contributed by atoms with Crippen molar-refractivity contribution in [2.75, 3.05) is 12.4 Å². The Bertz CT molecular complexity index is 117. The molecule has 0 aromatic carbocycles. The molecule has 0 spiro atoms. The molecule has 0 aliphatic rings. The maximum atomic E-state index is 11.0. The summed E-state index contributed by atoms with van der Waals surface area (Å²) in [4.78, 5) is 11.0. The van der Waals surface area contributed by atoms with E-state index in [1.54, 1.807) is 0 Å². The van der Waals surface area contributed by atoms with Crippen LogP contribution in [0.5, 0.6) is 0 Å². The van der Waals surface area contributed by atoms with Crippen LogP contribution in [0.3, 0.4) is 0 Å². The molecule has 66 valence electrons. The van der Waals surface area contributed by atoms with Crippen LogP contribution in [0.4, 0.5) is 0 Å². The number of amides is 1. The largest absolute Gasteiger partial charge is 0.355 e. The molecule has 0 bridgehead atoms. The summed E-state index contributed by atoms with van der Waals surface area (Å²) in [6, 6.07) is 0. The minimum absolute atomic E-state index is 0.111. The standard InChI is InChI=1S/C8H16ClNO/c1-3-7(2)6-8(11)10-5-4-9/h7H,3-6H2,1-2H3,(H,10,11). The SMILES string of the molecule is CCC(C)CC(=O)NCCCl. The van der Waals surface area contributed by atoms with Crippen molar-refractivity contribution in [3.05, 3.63) is 0 Å². The molecule has 0 saturated heterocycles. The van der Waals surface area contributed by atoms with Gasteiger partial charge in [-0.25, -0.2) is 0 Å². The van der Waals surface area contributed by atoms with E-state index < -0.39 is 0 Å². The Hall–Kier alpha value is -0.240. The van der Waals surface area contributed by atoms with Crippen LogP contribution < -0.4 is 5.32 Å². The molecular weight excluding hydrogens is 162 g/mol. The first kappa shape index (κ1) is 10.8. The fraction of sp³-hybridized carbons (Fsp3) is 0.875. The minimum atomic E-state index is 0.111. The van der Waals surface area contributed by atoms with E-state index >= 15 is 0 Å². The molecule has 0 fully saturated rings. The number of nitrogens with one attached hydrogen (secondary N) is 1. The molecule has 0 aliphatic heterocycles. The Kier molecular flexibility index (Phi) is 6.33. The molecular formula is C8H16ClNO. The van der Waals surface area contributed by atoms with E-state index in [0.29, 0.717) is 24.8 Å². The maximum Gasteiger partial charge on any atom is 0.220 e. The van der Waals surface area contributed by atoms with E-state index in [9.17, 15) is 4.79 Å². The van der Waals surface area contributed by atoms with Crippen LogP contribution in [0.25, 0.3) is 0 Å². The van der Waals surface area contributed by atoms with Crippen LogP contribution in [-0.4, -0.2) is 18.3 Å². The lowest BCUT2D eigenvalue weighted by Crippen LogP contribution is -2.26. The number of alkyl halides is 1. The van der Waals surface area contributed by atoms with Crippen molar-refractivity contribution in [2.45, 2.75) is 26.7 Å². The van der Waals surface area contributed by atoms with Crippen molar-refractivity contribution in [1.29, 1.82) is 0 Å². The predicted molar refractivity (Wildman–Crippen MR) is 47.8 cm³/mol. The monoisotopic (exact) mass is 177 g/mol. The average Bonchev–Trinajstić information content (AvgIpc) is 2.00. The van der Waals surface area contributed by atoms with Crippen LogP contribution in [0.15, 0.2) is 0 Å². The summed E-state index contributed by atoms with van der Waals surface area (Å²) in [6.07, 6.45) is 1.67. The van der Waals surface area contributed by atoms with Crippen molar-refractivity contribution < 1.29 is 4.79 Å². The summed E-state index contributed by atoms with van der Waals surface area (Å²) < 4.78 is 0. The van der Waals surface area contributed by atoms with Crippen molar-refractivity contribution in [1.82, 2.24) is 5.32 Å². The molecule has 3 heteroatoms. The zero-order chi connectivity index (χ0) is 8.69. The zero-order valence-electron chi connectivity index (χ0n) is 7.19. The molecule has 1 N–H and O–H groups in total. The van der Waals surface area contributed by atoms with Gasteiger partial charge in [0.1, 0.15) is 0 Å². The third kappa shape index (κ3) is 6.17. The summed E-state index contributed by atoms with van der Waals surface area (Å²) in [7, 11) is 0. The number of carbonyl (C=O) groups excluding carboxylic acids is 1. The Morgan fingerprint density at radius 3 is 2.73 bits per heavy atom. The molecule has 1 amide bonds. The maximum absolute atomic E-state index is 11.0. The van der Waals surface area contributed by atoms with E-state index in [2.05, 4.69) is 19.2 Å². The van der Waals surface area contributed by atoms with Gasteiger partial charge in [-0.05, 0) is 5.92 Å². The lowest BCUT2D eigenvalue weighted by atomic mass is 10.1. The van der Waals surface area contributed by atoms with Crippen LogP contribution in [0.1, 0.15) is 26.7 Å². The summed E-state index contributed by atoms with van der Waals surface area (Å²) in [5.74, 6) is 1.08. The molecule has 1 unspecified atom stereocenters. The van der Waals surface area contributed by atoms with Gasteiger partial charge < -0.3 is 5.32 Å². The van der Waals surface area contributed by atoms with Gasteiger partial charge in [-0.1, -0.05) is 20.3 Å². The molecule has 11 heavy (non-hydrogen) atoms. The fourth-order valence-electron chi connectivity index (χ4n) is 0.720. The molecule has 0 radical (unpaired) electrons. The Morgan fingerprint density at radius 1 is 1.64 bits per heavy atom. The van der Waals surface area contributed by atoms with Gasteiger partial charge in [0.15, 0.2) is 0 Å². The molecule has 0 saturated carbocycles. The van der Waals surface area contributed by atoms with Gasteiger partial charge in [0.2, 0.25) is 5.91 Å². The fourth-order valence-corrected chi connectivity index (χ4v) is 0.814. The first-order chi connectivity index (χ1) is 5.20. The molecule has 0 rings (SSSR count). The Morgan fingerprint density at radius 2 is 2.27 bits per heavy atom. The number of hydrogen-bond acceptors (Lipinski definition) is 1. The highest BCUT2D eigenvalue weighted by molar-refractivity contribution is 6.18. The molecule has 0 aromatic heterocycles. The third-order valence-corrected chi connectivity index (χ3v) is 1.84. The second kappa shape index (κ2) is 6.47. The van der Waals surface area contributed by atoms with E-state index in [4.69, 9.17) is 11.6 Å². The predicted octanol–water partition coefficient (Wildman–Crippen LogP) is 1.78. The third-order valence-electron chi connectivity index (χ3n) is 1.65. The smallest absolute Gasteiger partial charge is 0.220 e. The molecule has 1 atom stereocenters. The van der Waals surface area contributed by atoms with Crippen molar-refractivity contribution in [3.63, 3.8) is 0 Å². The van der Waals surface area contributed by atoms with E-state index in [1.807, 2.05) is 0 Å². The highest BCUT2D eigenvalue weighted by Crippen LogP contribution is 2.04. The lowest BCUT2D eigenvalue weighted by Gasteiger charge is -2.07. The summed E-state index contributed by atoms with van der Waals surface area (Å²) >= 11 is 5.40. The van der Waals surface area contributed by atoms with Crippen LogP contribution >= 0.6 is 11.6 Å². The second-order valence-electron chi connectivity index (χ2n) is 2.76. The topological polar surface area (TPSA) is 29.1 Å². The Labute approximate surface area is 73.3 Å². The number of rotatable bonds is 5. The highest BCUT2D eigenvalue weighted by atomic mass is 35.5. The zero-order valence-corrected chi connectivity index (χ0v) is 7.95. The van der Waals surface area contributed by atoms with Gasteiger partial charge in [-0.2, -0.15) is 0 Å². The first-order valence-electron chi connectivity index (χ1n) is 4.03. The number of carbonyl (C=O) groups is 1. The van der Waals surface area contributed by atoms with Gasteiger partial charge in [0.05, 0.1) is 0 Å². The van der Waals surface area contributed by atoms with Crippen LogP contribution in [0.2, 0.25) is 0 Å². The quantitative estimate of drug-likeness (QED) is 0.638. The normalized spacial score (nSPS) is 12.6. The first-order valence-corrected chi connectivity index (χ1v) is 4.56. The highest BCUT2D eigenvalue weighted by Gasteiger charge is 2.05. The molecule has 0 aliphatic carbocycles. The molecule has 2 nitrogen and oxygen atoms in total. The van der Waals surface area contributed by atoms with Crippen molar-refractivity contribution in [3.8, 4) is 0 Å². The van der Waals surface area contributed by atoms with E-state index in [1.165, 1.54) is 0 Å². The molecule has 0 aromatic rings. The number of halogens is 1. The van der Waals surface area contributed by atoms with E-state index in [0.717, 1.165) is 6.42 Å². The van der Waals surface area contributed by atoms with Gasteiger partial charge in [-0.15, -0.1) is 11.6 Å². The molecule has 0 heterocycles. The van der Waals surface area contributed by atoms with Gasteiger partial charge in [-0.3, -0.25) is 4.79 Å². The van der Waals surface area contributed by atoms with Crippen molar-refractivity contribution in [2.24, 2.45) is 5.92 Å². The lowest BCUT2D eigenvalue weighted by molar-refractivity contribution is -0.121. The van der Waals surface area contributed by atoms with Gasteiger partial charge >= 0.3 is 0 Å². The van der Waals surface area contributed by atoms with Crippen molar-refractivity contribution >= 4 is 17.5 Å². The number of hydrogen-bond donors (Lipinski definition) is 1. The minimum Gasteiger partial charge on any atom is -0.355 e. The van der Waals surface area contributed by atoms with Gasteiger partial charge in [0.25, 0.3) is 0 Å². The second-order valence-corrected chi connectivity index (χ2v) is 3.13. The average molecular weight is 178 g/mol.